The largest absolute Gasteiger partial charge is 0.380 e. The molecule has 108 valence electrons. The van der Waals surface area contributed by atoms with E-state index in [1.54, 1.807) is 0 Å². The van der Waals surface area contributed by atoms with E-state index in [1.807, 2.05) is 0 Å². The Labute approximate surface area is 118 Å². The molecule has 0 saturated heterocycles. The third-order valence-electron chi connectivity index (χ3n) is 3.87. The van der Waals surface area contributed by atoms with E-state index in [-0.39, 0.29) is 0 Å². The van der Waals surface area contributed by atoms with Gasteiger partial charge in [-0.3, -0.25) is 0 Å². The molecule has 0 saturated carbocycles. The van der Waals surface area contributed by atoms with Gasteiger partial charge in [-0.25, -0.2) is 0 Å². The van der Waals surface area contributed by atoms with Gasteiger partial charge in [-0.15, -0.1) is 0 Å². The highest BCUT2D eigenvalue weighted by atomic mass is 16.5. The van der Waals surface area contributed by atoms with Crippen LogP contribution in [0.3, 0.4) is 0 Å². The summed E-state index contributed by atoms with van der Waals surface area (Å²) in [6, 6.07) is 2.28. The molecule has 0 spiro atoms. The van der Waals surface area contributed by atoms with Crippen molar-refractivity contribution in [3.63, 3.8) is 0 Å². The van der Waals surface area contributed by atoms with E-state index in [4.69, 9.17) is 4.74 Å². The summed E-state index contributed by atoms with van der Waals surface area (Å²) in [4.78, 5) is 0. The standard InChI is InChI=1S/C17H29NO/c1-6-8-18-9-11-19-10-7-17-15(4)13(2)12-14(3)16(17)5/h12,18H,6-11H2,1-5H3. The van der Waals surface area contributed by atoms with Crippen molar-refractivity contribution in [3.8, 4) is 0 Å². The van der Waals surface area contributed by atoms with Crippen LogP contribution in [-0.2, 0) is 11.2 Å². The molecule has 0 aliphatic rings. The van der Waals surface area contributed by atoms with Gasteiger partial charge in [0.2, 0.25) is 0 Å². The first-order chi connectivity index (χ1) is 9.07. The second kappa shape index (κ2) is 8.34. The van der Waals surface area contributed by atoms with Crippen molar-refractivity contribution in [1.29, 1.82) is 0 Å². The summed E-state index contributed by atoms with van der Waals surface area (Å²) >= 11 is 0. The molecule has 0 aliphatic carbocycles. The lowest BCUT2D eigenvalue weighted by Gasteiger charge is -2.15. The Balaban J connectivity index is 2.41. The third-order valence-corrected chi connectivity index (χ3v) is 3.87. The van der Waals surface area contributed by atoms with Crippen molar-refractivity contribution in [2.45, 2.75) is 47.5 Å². The first-order valence-corrected chi connectivity index (χ1v) is 7.42. The summed E-state index contributed by atoms with van der Waals surface area (Å²) in [6.45, 7) is 14.7. The predicted octanol–water partition coefficient (Wildman–Crippen LogP) is 3.48. The number of ether oxygens (including phenoxy) is 1. The summed E-state index contributed by atoms with van der Waals surface area (Å²) in [5.74, 6) is 0. The second-order valence-corrected chi connectivity index (χ2v) is 5.35. The zero-order valence-electron chi connectivity index (χ0n) is 13.2. The van der Waals surface area contributed by atoms with E-state index < -0.39 is 0 Å². The molecule has 0 aliphatic heterocycles. The van der Waals surface area contributed by atoms with Gasteiger partial charge in [0.1, 0.15) is 0 Å². The zero-order chi connectivity index (χ0) is 14.3. The Bertz CT molecular complexity index is 372. The van der Waals surface area contributed by atoms with Crippen molar-refractivity contribution in [1.82, 2.24) is 5.32 Å². The minimum absolute atomic E-state index is 0.808. The Morgan fingerprint density at radius 1 is 0.947 bits per heavy atom. The summed E-state index contributed by atoms with van der Waals surface area (Å²) in [5.41, 5.74) is 7.11. The van der Waals surface area contributed by atoms with Crippen molar-refractivity contribution in [3.05, 3.63) is 33.9 Å². The fourth-order valence-corrected chi connectivity index (χ4v) is 2.40. The molecule has 0 unspecified atom stereocenters. The quantitative estimate of drug-likeness (QED) is 0.725. The van der Waals surface area contributed by atoms with Gasteiger partial charge in [-0.1, -0.05) is 13.0 Å². The molecular weight excluding hydrogens is 234 g/mol. The first-order valence-electron chi connectivity index (χ1n) is 7.42. The fraction of sp³-hybridized carbons (Fsp3) is 0.647. The Kier molecular flexibility index (Phi) is 7.11. The lowest BCUT2D eigenvalue weighted by molar-refractivity contribution is 0.139. The number of rotatable bonds is 8. The van der Waals surface area contributed by atoms with Gasteiger partial charge in [0.15, 0.2) is 0 Å². The maximum absolute atomic E-state index is 5.71. The molecular formula is C17H29NO. The smallest absolute Gasteiger partial charge is 0.0591 e. The maximum Gasteiger partial charge on any atom is 0.0591 e. The Hall–Kier alpha value is -0.860. The Morgan fingerprint density at radius 2 is 1.58 bits per heavy atom. The van der Waals surface area contributed by atoms with Crippen molar-refractivity contribution >= 4 is 0 Å². The third kappa shape index (κ3) is 4.96. The highest BCUT2D eigenvalue weighted by Crippen LogP contribution is 2.21. The van der Waals surface area contributed by atoms with E-state index in [2.05, 4.69) is 46.0 Å². The van der Waals surface area contributed by atoms with E-state index >= 15 is 0 Å². The van der Waals surface area contributed by atoms with E-state index in [0.717, 1.165) is 32.7 Å². The summed E-state index contributed by atoms with van der Waals surface area (Å²) in [5, 5.41) is 3.35. The summed E-state index contributed by atoms with van der Waals surface area (Å²) in [6.07, 6.45) is 2.20. The van der Waals surface area contributed by atoms with Gasteiger partial charge < -0.3 is 10.1 Å². The van der Waals surface area contributed by atoms with Crippen molar-refractivity contribution < 1.29 is 4.74 Å². The van der Waals surface area contributed by atoms with Gasteiger partial charge in [0.25, 0.3) is 0 Å². The van der Waals surface area contributed by atoms with Crippen LogP contribution in [0.25, 0.3) is 0 Å². The molecule has 0 radical (unpaired) electrons. The van der Waals surface area contributed by atoms with Crippen molar-refractivity contribution in [2.24, 2.45) is 0 Å². The van der Waals surface area contributed by atoms with Gasteiger partial charge in [-0.2, -0.15) is 0 Å². The minimum atomic E-state index is 0.808. The van der Waals surface area contributed by atoms with Gasteiger partial charge in [-0.05, 0) is 74.9 Å². The average Bonchev–Trinajstić information content (AvgIpc) is 2.39. The van der Waals surface area contributed by atoms with Crippen LogP contribution in [0.15, 0.2) is 6.07 Å². The lowest BCUT2D eigenvalue weighted by Crippen LogP contribution is -2.20. The monoisotopic (exact) mass is 263 g/mol. The average molecular weight is 263 g/mol. The lowest BCUT2D eigenvalue weighted by atomic mass is 9.92. The van der Waals surface area contributed by atoms with Crippen LogP contribution in [0.4, 0.5) is 0 Å². The SMILES string of the molecule is CCCNCCOCCc1c(C)c(C)cc(C)c1C. The normalized spacial score (nSPS) is 11.0. The molecule has 1 rings (SSSR count). The van der Waals surface area contributed by atoms with Gasteiger partial charge in [0.05, 0.1) is 13.2 Å². The van der Waals surface area contributed by atoms with Crippen LogP contribution in [-0.4, -0.2) is 26.3 Å². The minimum Gasteiger partial charge on any atom is -0.380 e. The van der Waals surface area contributed by atoms with Crippen LogP contribution in [0.5, 0.6) is 0 Å². The number of benzene rings is 1. The molecule has 0 fully saturated rings. The molecule has 1 aromatic carbocycles. The van der Waals surface area contributed by atoms with Gasteiger partial charge >= 0.3 is 0 Å². The molecule has 0 amide bonds. The number of hydrogen-bond donors (Lipinski definition) is 1. The zero-order valence-corrected chi connectivity index (χ0v) is 13.2. The van der Waals surface area contributed by atoms with Crippen LogP contribution in [0.1, 0.15) is 41.2 Å². The second-order valence-electron chi connectivity index (χ2n) is 5.35. The first kappa shape index (κ1) is 16.2. The topological polar surface area (TPSA) is 21.3 Å². The van der Waals surface area contributed by atoms with E-state index in [1.165, 1.54) is 34.2 Å². The summed E-state index contributed by atoms with van der Waals surface area (Å²) < 4.78 is 5.71. The highest BCUT2D eigenvalue weighted by Gasteiger charge is 2.07. The molecule has 0 atom stereocenters. The van der Waals surface area contributed by atoms with Gasteiger partial charge in [0, 0.05) is 6.54 Å². The summed E-state index contributed by atoms with van der Waals surface area (Å²) in [7, 11) is 0. The number of aryl methyl sites for hydroxylation is 2. The molecule has 0 heterocycles. The Morgan fingerprint density at radius 3 is 2.16 bits per heavy atom. The molecule has 1 N–H and O–H groups in total. The van der Waals surface area contributed by atoms with Crippen LogP contribution >= 0.6 is 0 Å². The van der Waals surface area contributed by atoms with Crippen molar-refractivity contribution in [2.75, 3.05) is 26.3 Å². The van der Waals surface area contributed by atoms with Crippen LogP contribution < -0.4 is 5.32 Å². The number of nitrogens with one attached hydrogen (secondary N) is 1. The van der Waals surface area contributed by atoms with Crippen LogP contribution in [0.2, 0.25) is 0 Å². The molecule has 19 heavy (non-hydrogen) atoms. The molecule has 2 heteroatoms. The fourth-order valence-electron chi connectivity index (χ4n) is 2.40. The molecule has 2 nitrogen and oxygen atoms in total. The maximum atomic E-state index is 5.71. The highest BCUT2D eigenvalue weighted by molar-refractivity contribution is 5.44. The molecule has 0 aromatic heterocycles. The van der Waals surface area contributed by atoms with E-state index in [0.29, 0.717) is 0 Å². The molecule has 1 aromatic rings. The van der Waals surface area contributed by atoms with E-state index in [9.17, 15) is 0 Å². The number of hydrogen-bond acceptors (Lipinski definition) is 2. The van der Waals surface area contributed by atoms with Crippen LogP contribution in [0, 0.1) is 27.7 Å². The predicted molar refractivity (Wildman–Crippen MR) is 83.1 cm³/mol. The molecule has 0 bridgehead atoms.